The SMILES string of the molecule is CCC(C)n1nc(-c2ccc(CNC(=O)c3cc(F)ccc3C)cc2)c(C(N)=O)c1N.Cc1ccc(F)cc1C(=O)NCc1ccc(-c2nn(C3CCCOC3)c(N)c2C(N)=O)cc1.Cc1ccc(F)cc1C(=O)NCc1ccc(-c2nn(C3CCOC3)c(N)c2C(N)=O)c(F)c1F. The van der Waals surface area contributed by atoms with E-state index in [4.69, 9.17) is 43.9 Å². The number of halogens is 5. The van der Waals surface area contributed by atoms with Crippen molar-refractivity contribution in [3.63, 3.8) is 0 Å². The van der Waals surface area contributed by atoms with Crippen molar-refractivity contribution in [1.29, 1.82) is 0 Å². The maximum Gasteiger partial charge on any atom is 0.254 e. The highest BCUT2D eigenvalue weighted by atomic mass is 19.2. The fourth-order valence-electron chi connectivity index (χ4n) is 11.2. The van der Waals surface area contributed by atoms with Crippen LogP contribution in [0.4, 0.5) is 39.4 Å². The van der Waals surface area contributed by atoms with Gasteiger partial charge in [-0.05, 0) is 124 Å². The Morgan fingerprint density at radius 3 is 1.35 bits per heavy atom. The number of nitrogen functional groups attached to an aromatic ring is 3. The molecular weight excluding hydrogens is 1270 g/mol. The molecule has 2 saturated heterocycles. The Labute approximate surface area is 560 Å². The van der Waals surface area contributed by atoms with E-state index in [0.29, 0.717) is 83.2 Å². The van der Waals surface area contributed by atoms with Gasteiger partial charge in [0.15, 0.2) is 11.6 Å². The lowest BCUT2D eigenvalue weighted by Crippen LogP contribution is -2.24. The summed E-state index contributed by atoms with van der Waals surface area (Å²) >= 11 is 0. The number of nitrogens with two attached hydrogens (primary N) is 6. The lowest BCUT2D eigenvalue weighted by molar-refractivity contribution is 0.0558. The Morgan fingerprint density at radius 1 is 0.510 bits per heavy atom. The normalized spacial score (nSPS) is 14.5. The first-order valence-corrected chi connectivity index (χ1v) is 31.2. The van der Waals surface area contributed by atoms with Crippen molar-refractivity contribution in [2.45, 2.75) is 98.1 Å². The van der Waals surface area contributed by atoms with Gasteiger partial charge in [-0.15, -0.1) is 0 Å². The van der Waals surface area contributed by atoms with E-state index in [1.807, 2.05) is 38.1 Å². The molecule has 5 heterocycles. The van der Waals surface area contributed by atoms with Crippen LogP contribution in [0.15, 0.2) is 115 Å². The van der Waals surface area contributed by atoms with Crippen molar-refractivity contribution >= 4 is 52.9 Å². The minimum Gasteiger partial charge on any atom is -0.383 e. The number of ether oxygens (including phenoxy) is 2. The van der Waals surface area contributed by atoms with Crippen LogP contribution in [0, 0.1) is 49.9 Å². The van der Waals surface area contributed by atoms with Crippen molar-refractivity contribution in [2.24, 2.45) is 17.2 Å². The van der Waals surface area contributed by atoms with Gasteiger partial charge >= 0.3 is 0 Å². The van der Waals surface area contributed by atoms with Crippen molar-refractivity contribution in [1.82, 2.24) is 45.3 Å². The van der Waals surface area contributed by atoms with E-state index in [9.17, 15) is 46.3 Å². The van der Waals surface area contributed by atoms with E-state index in [1.165, 1.54) is 53.2 Å². The highest BCUT2D eigenvalue weighted by molar-refractivity contribution is 6.05. The lowest BCUT2D eigenvalue weighted by atomic mass is 10.0. The molecule has 0 radical (unpaired) electrons. The third-order valence-corrected chi connectivity index (χ3v) is 16.9. The van der Waals surface area contributed by atoms with E-state index in [2.05, 4.69) is 31.2 Å². The van der Waals surface area contributed by atoms with Gasteiger partial charge in [0.05, 0.1) is 31.3 Å². The number of hydrogen-bond acceptors (Lipinski definition) is 14. The second-order valence-electron chi connectivity index (χ2n) is 23.6. The summed E-state index contributed by atoms with van der Waals surface area (Å²) in [5, 5.41) is 21.4. The number of hydrogen-bond donors (Lipinski definition) is 9. The molecule has 3 aromatic heterocycles. The average Bonchev–Trinajstić information content (AvgIpc) is 1.54. The van der Waals surface area contributed by atoms with Crippen LogP contribution in [0.25, 0.3) is 33.8 Å². The minimum absolute atomic E-state index is 0.0209. The zero-order chi connectivity index (χ0) is 70.8. The number of anilines is 3. The number of nitrogens with zero attached hydrogens (tertiary/aromatic N) is 6. The number of amides is 6. The predicted octanol–water partition coefficient (Wildman–Crippen LogP) is 9.39. The summed E-state index contributed by atoms with van der Waals surface area (Å²) < 4.78 is 85.8. The van der Waals surface area contributed by atoms with Gasteiger partial charge in [-0.1, -0.05) is 79.7 Å². The molecular formula is C70H74F5N15O8. The minimum atomic E-state index is -1.27. The van der Waals surface area contributed by atoms with Gasteiger partial charge in [0, 0.05) is 71.8 Å². The smallest absolute Gasteiger partial charge is 0.254 e. The predicted molar refractivity (Wildman–Crippen MR) is 357 cm³/mol. The Morgan fingerprint density at radius 2 is 0.918 bits per heavy atom. The van der Waals surface area contributed by atoms with Crippen LogP contribution in [0.2, 0.25) is 0 Å². The summed E-state index contributed by atoms with van der Waals surface area (Å²) in [5.41, 5.74) is 41.0. The number of aromatic nitrogens is 6. The van der Waals surface area contributed by atoms with E-state index in [1.54, 1.807) is 66.5 Å². The van der Waals surface area contributed by atoms with Crippen molar-refractivity contribution in [3.8, 4) is 33.8 Å². The summed E-state index contributed by atoms with van der Waals surface area (Å²) in [6.45, 7) is 11.2. The highest BCUT2D eigenvalue weighted by Crippen LogP contribution is 2.36. The molecule has 0 bridgehead atoms. The molecule has 0 saturated carbocycles. The Hall–Kier alpha value is -11.3. The van der Waals surface area contributed by atoms with Crippen molar-refractivity contribution in [2.75, 3.05) is 43.6 Å². The first-order chi connectivity index (χ1) is 46.8. The number of primary amides is 3. The van der Waals surface area contributed by atoms with Crippen LogP contribution >= 0.6 is 0 Å². The largest absolute Gasteiger partial charge is 0.383 e. The van der Waals surface area contributed by atoms with E-state index >= 15 is 4.39 Å². The number of benzene rings is 6. The van der Waals surface area contributed by atoms with Gasteiger partial charge in [0.25, 0.3) is 35.4 Å². The zero-order valence-electron chi connectivity index (χ0n) is 54.3. The molecule has 6 aromatic carbocycles. The lowest BCUT2D eigenvalue weighted by Gasteiger charge is -2.23. The Bertz CT molecular complexity index is 4480. The summed E-state index contributed by atoms with van der Waals surface area (Å²) in [7, 11) is 0. The fraction of sp³-hybridized carbons (Fsp3) is 0.271. The first kappa shape index (κ1) is 71.0. The quantitative estimate of drug-likeness (QED) is 0.0341. The van der Waals surface area contributed by atoms with Gasteiger partial charge in [0.2, 0.25) is 0 Å². The summed E-state index contributed by atoms with van der Waals surface area (Å²) in [5.74, 6) is -7.15. The third-order valence-electron chi connectivity index (χ3n) is 16.9. The molecule has 11 rings (SSSR count). The Kier molecular flexibility index (Phi) is 22.5. The fourth-order valence-corrected chi connectivity index (χ4v) is 11.2. The first-order valence-electron chi connectivity index (χ1n) is 31.2. The molecule has 2 fully saturated rings. The van der Waals surface area contributed by atoms with Crippen molar-refractivity contribution < 1.29 is 60.2 Å². The van der Waals surface area contributed by atoms with Gasteiger partial charge in [0.1, 0.15) is 68.7 Å². The van der Waals surface area contributed by atoms with Crippen LogP contribution in [0.3, 0.4) is 0 Å². The molecule has 28 heteroatoms. The molecule has 23 nitrogen and oxygen atoms in total. The third kappa shape index (κ3) is 16.0. The van der Waals surface area contributed by atoms with Gasteiger partial charge in [-0.25, -0.2) is 36.0 Å². The van der Waals surface area contributed by atoms with Gasteiger partial charge in [-0.3, -0.25) is 28.8 Å². The van der Waals surface area contributed by atoms with Crippen LogP contribution in [-0.2, 0) is 29.1 Å². The number of carbonyl (C=O) groups is 6. The maximum absolute atomic E-state index is 15.1. The van der Waals surface area contributed by atoms with Crippen LogP contribution in [0.1, 0.15) is 153 Å². The van der Waals surface area contributed by atoms with E-state index in [0.717, 1.165) is 36.5 Å². The van der Waals surface area contributed by atoms with Crippen LogP contribution in [-0.4, -0.2) is 91.2 Å². The standard InChI is InChI=1S/C24H26FN5O3.C23H22F3N5O3.C23H26FN5O2/c1-14-4-9-17(25)11-19(14)24(32)28-12-15-5-7-16(8-6-15)21-20(23(27)31)22(26)30(29-21)18-3-2-10-33-13-18;1-11-2-4-13(24)8-16(11)23(33)29-9-12-3-5-15(19(26)18(12)25)20-17(22(28)32)21(27)31(30-20)14-6-7-34-10-14;1-4-14(3)29-21(25)19(22(26)30)20(28-29)16-8-6-15(7-9-16)12-27-23(31)18-11-17(24)10-5-13(18)2/h4-9,11,18H,2-3,10,12-13,26H2,1H3,(H2,27,31)(H,28,32);2-5,8,14H,6-7,9-10,27H2,1H3,(H2,28,32)(H,29,33);5-11,14H,4,12,25H2,1-3H3,(H2,26,30)(H,27,31). The molecule has 3 unspecified atom stereocenters. The summed E-state index contributed by atoms with van der Waals surface area (Å²) in [6, 6.07) is 28.6. The average molecular weight is 1350 g/mol. The number of carbonyl (C=O) groups excluding carboxylic acids is 6. The summed E-state index contributed by atoms with van der Waals surface area (Å²) in [6.07, 6.45) is 3.13. The van der Waals surface area contributed by atoms with E-state index in [-0.39, 0.29) is 106 Å². The van der Waals surface area contributed by atoms with Crippen molar-refractivity contribution in [3.05, 3.63) is 211 Å². The molecule has 9 aromatic rings. The number of nitrogens with one attached hydrogen (secondary N) is 3. The zero-order valence-corrected chi connectivity index (χ0v) is 54.3. The van der Waals surface area contributed by atoms with Gasteiger partial charge < -0.3 is 59.8 Å². The Balaban J connectivity index is 0.000000172. The number of aryl methyl sites for hydroxylation is 3. The second kappa shape index (κ2) is 31.1. The molecule has 0 aliphatic carbocycles. The highest BCUT2D eigenvalue weighted by Gasteiger charge is 2.31. The second-order valence-corrected chi connectivity index (χ2v) is 23.6. The molecule has 98 heavy (non-hydrogen) atoms. The van der Waals surface area contributed by atoms with Crippen LogP contribution in [0.5, 0.6) is 0 Å². The molecule has 2 aliphatic rings. The topological polar surface area (TPSA) is 367 Å². The number of rotatable bonds is 19. The molecule has 15 N–H and O–H groups in total. The monoisotopic (exact) mass is 1350 g/mol. The summed E-state index contributed by atoms with van der Waals surface area (Å²) in [4.78, 5) is 73.3. The van der Waals surface area contributed by atoms with E-state index < -0.39 is 52.7 Å². The molecule has 3 atom stereocenters. The molecule has 512 valence electrons. The van der Waals surface area contributed by atoms with Gasteiger partial charge in [-0.2, -0.15) is 15.3 Å². The molecule has 6 amide bonds. The van der Waals surface area contributed by atoms with Crippen LogP contribution < -0.4 is 50.4 Å². The maximum atomic E-state index is 15.1. The molecule has 0 spiro atoms. The molecule has 2 aliphatic heterocycles.